The van der Waals surface area contributed by atoms with E-state index in [1.54, 1.807) is 13.8 Å². The van der Waals surface area contributed by atoms with Gasteiger partial charge in [0.1, 0.15) is 12.6 Å². The molecule has 2 aromatic rings. The summed E-state index contributed by atoms with van der Waals surface area (Å²) in [6.07, 6.45) is 1.35. The average molecular weight is 325 g/mol. The van der Waals surface area contributed by atoms with Gasteiger partial charge in [-0.3, -0.25) is 9.59 Å². The number of nitrogens with one attached hydrogen (secondary N) is 1. The molecule has 8 heteroatoms. The predicted molar refractivity (Wildman–Crippen MR) is 78.5 cm³/mol. The Kier molecular flexibility index (Phi) is 4.92. The fourth-order valence-electron chi connectivity index (χ4n) is 2.33. The normalized spacial score (nSPS) is 12.4. The van der Waals surface area contributed by atoms with E-state index in [1.165, 1.54) is 18.0 Å². The summed E-state index contributed by atoms with van der Waals surface area (Å²) in [4.78, 5) is 27.5. The third-order valence-corrected chi connectivity index (χ3v) is 3.45. The zero-order chi connectivity index (χ0) is 17.1. The monoisotopic (exact) mass is 325 g/mol. The Morgan fingerprint density at radius 2 is 1.96 bits per heavy atom. The predicted octanol–water partition coefficient (Wildman–Crippen LogP) is 1.80. The zero-order valence-corrected chi connectivity index (χ0v) is 13.0. The van der Waals surface area contributed by atoms with E-state index in [4.69, 9.17) is 0 Å². The minimum atomic E-state index is -1.02. The molecule has 1 N–H and O–H groups in total. The van der Waals surface area contributed by atoms with Crippen LogP contribution in [-0.4, -0.2) is 35.1 Å². The van der Waals surface area contributed by atoms with Gasteiger partial charge in [-0.15, -0.1) is 0 Å². The molecule has 0 radical (unpaired) electrons. The number of carbonyl (C=O) groups excluding carboxylic acids is 2. The molecule has 0 bridgehead atoms. The second-order valence-corrected chi connectivity index (χ2v) is 5.39. The second-order valence-electron chi connectivity index (χ2n) is 5.39. The number of fused-ring (bicyclic) bond motifs is 1. The van der Waals surface area contributed by atoms with Crippen molar-refractivity contribution in [2.75, 3.05) is 13.7 Å². The number of halogens is 2. The lowest BCUT2D eigenvalue weighted by molar-refractivity contribution is -0.141. The number of amides is 1. The Hall–Kier alpha value is -2.51. The molecule has 0 spiro atoms. The van der Waals surface area contributed by atoms with Crippen LogP contribution >= 0.6 is 0 Å². The van der Waals surface area contributed by atoms with Crippen LogP contribution in [0.5, 0.6) is 0 Å². The van der Waals surface area contributed by atoms with Gasteiger partial charge in [0.15, 0.2) is 11.6 Å². The van der Waals surface area contributed by atoms with Crippen LogP contribution in [0.4, 0.5) is 8.78 Å². The molecule has 6 nitrogen and oxygen atoms in total. The summed E-state index contributed by atoms with van der Waals surface area (Å²) >= 11 is 0. The summed E-state index contributed by atoms with van der Waals surface area (Å²) in [6.45, 7) is 3.33. The standard InChI is InChI=1S/C15H17F2N3O3/c1-8(2)14(15(22)18-6-13(21)23-3)20-7-19-11-4-9(16)10(17)5-12(11)20/h4-5,7-8,14H,6H2,1-3H3,(H,18,22)/t14-/m1/s1. The molecule has 0 saturated carbocycles. The number of rotatable bonds is 5. The van der Waals surface area contributed by atoms with Crippen molar-refractivity contribution in [1.29, 1.82) is 0 Å². The minimum Gasteiger partial charge on any atom is -0.468 e. The number of benzene rings is 1. The van der Waals surface area contributed by atoms with Crippen molar-refractivity contribution >= 4 is 22.9 Å². The van der Waals surface area contributed by atoms with Gasteiger partial charge in [0.25, 0.3) is 0 Å². The Morgan fingerprint density at radius 3 is 2.57 bits per heavy atom. The smallest absolute Gasteiger partial charge is 0.325 e. The van der Waals surface area contributed by atoms with Crippen LogP contribution in [0.15, 0.2) is 18.5 Å². The number of carbonyl (C=O) groups is 2. The molecule has 124 valence electrons. The highest BCUT2D eigenvalue weighted by Gasteiger charge is 2.26. The third-order valence-electron chi connectivity index (χ3n) is 3.45. The minimum absolute atomic E-state index is 0.168. The van der Waals surface area contributed by atoms with E-state index in [0.29, 0.717) is 5.52 Å². The summed E-state index contributed by atoms with van der Waals surface area (Å²) in [5, 5.41) is 2.46. The SMILES string of the molecule is COC(=O)CNC(=O)[C@@H](C(C)C)n1cnc2cc(F)c(F)cc21. The van der Waals surface area contributed by atoms with E-state index in [9.17, 15) is 18.4 Å². The molecule has 1 amide bonds. The number of ether oxygens (including phenoxy) is 1. The van der Waals surface area contributed by atoms with E-state index >= 15 is 0 Å². The summed E-state index contributed by atoms with van der Waals surface area (Å²) in [7, 11) is 1.22. The van der Waals surface area contributed by atoms with E-state index in [1.807, 2.05) is 0 Å². The van der Waals surface area contributed by atoms with Crippen molar-refractivity contribution in [2.45, 2.75) is 19.9 Å². The maximum atomic E-state index is 13.5. The molecule has 0 fully saturated rings. The fourth-order valence-corrected chi connectivity index (χ4v) is 2.33. The summed E-state index contributed by atoms with van der Waals surface area (Å²) in [5.74, 6) is -3.20. The van der Waals surface area contributed by atoms with Crippen molar-refractivity contribution in [1.82, 2.24) is 14.9 Å². The number of hydrogen-bond donors (Lipinski definition) is 1. The van der Waals surface area contributed by atoms with Crippen molar-refractivity contribution in [2.24, 2.45) is 5.92 Å². The number of aromatic nitrogens is 2. The van der Waals surface area contributed by atoms with Crippen LogP contribution < -0.4 is 5.32 Å². The van der Waals surface area contributed by atoms with E-state index < -0.39 is 29.6 Å². The molecule has 1 aromatic heterocycles. The summed E-state index contributed by atoms with van der Waals surface area (Å²) in [6, 6.07) is 1.25. The number of methoxy groups -OCH3 is 1. The van der Waals surface area contributed by atoms with E-state index in [2.05, 4.69) is 15.0 Å². The molecule has 1 atom stereocenters. The number of esters is 1. The molecular formula is C15H17F2N3O3. The first-order valence-electron chi connectivity index (χ1n) is 7.01. The number of imidazole rings is 1. The van der Waals surface area contributed by atoms with Crippen molar-refractivity contribution in [3.05, 3.63) is 30.1 Å². The van der Waals surface area contributed by atoms with Gasteiger partial charge >= 0.3 is 5.97 Å². The Balaban J connectivity index is 2.36. The molecular weight excluding hydrogens is 308 g/mol. The topological polar surface area (TPSA) is 73.2 Å². The average Bonchev–Trinajstić information content (AvgIpc) is 2.88. The van der Waals surface area contributed by atoms with Gasteiger partial charge in [-0.25, -0.2) is 13.8 Å². The van der Waals surface area contributed by atoms with Gasteiger partial charge in [-0.1, -0.05) is 13.8 Å². The molecule has 0 saturated heterocycles. The van der Waals surface area contributed by atoms with Gasteiger partial charge in [0.2, 0.25) is 5.91 Å². The van der Waals surface area contributed by atoms with Crippen LogP contribution in [0.1, 0.15) is 19.9 Å². The van der Waals surface area contributed by atoms with Crippen LogP contribution in [0, 0.1) is 17.6 Å². The molecule has 0 aliphatic rings. The number of hydrogen-bond acceptors (Lipinski definition) is 4. The maximum Gasteiger partial charge on any atom is 0.325 e. The largest absolute Gasteiger partial charge is 0.468 e. The second kappa shape index (κ2) is 6.72. The van der Waals surface area contributed by atoms with Crippen LogP contribution in [0.25, 0.3) is 11.0 Å². The Labute approximate surface area is 131 Å². The van der Waals surface area contributed by atoms with Gasteiger partial charge < -0.3 is 14.6 Å². The highest BCUT2D eigenvalue weighted by atomic mass is 19.2. The summed E-state index contributed by atoms with van der Waals surface area (Å²) in [5.41, 5.74) is 0.547. The molecule has 1 aromatic carbocycles. The maximum absolute atomic E-state index is 13.5. The first-order chi connectivity index (χ1) is 10.8. The van der Waals surface area contributed by atoms with Gasteiger partial charge in [0, 0.05) is 12.1 Å². The lowest BCUT2D eigenvalue weighted by atomic mass is 10.0. The van der Waals surface area contributed by atoms with E-state index in [0.717, 1.165) is 12.1 Å². The zero-order valence-electron chi connectivity index (χ0n) is 13.0. The molecule has 1 heterocycles. The van der Waals surface area contributed by atoms with E-state index in [-0.39, 0.29) is 18.0 Å². The first kappa shape index (κ1) is 16.9. The summed E-state index contributed by atoms with van der Waals surface area (Å²) < 4.78 is 32.7. The van der Waals surface area contributed by atoms with Gasteiger partial charge in [-0.05, 0) is 5.92 Å². The highest BCUT2D eigenvalue weighted by molar-refractivity contribution is 5.86. The van der Waals surface area contributed by atoms with Gasteiger partial charge in [-0.2, -0.15) is 0 Å². The molecule has 0 aliphatic heterocycles. The van der Waals surface area contributed by atoms with Crippen molar-refractivity contribution < 1.29 is 23.1 Å². The Bertz CT molecular complexity index is 743. The first-order valence-corrected chi connectivity index (χ1v) is 7.01. The third kappa shape index (κ3) is 3.46. The van der Waals surface area contributed by atoms with Crippen molar-refractivity contribution in [3.8, 4) is 0 Å². The van der Waals surface area contributed by atoms with Gasteiger partial charge in [0.05, 0.1) is 24.5 Å². The van der Waals surface area contributed by atoms with Crippen LogP contribution in [-0.2, 0) is 14.3 Å². The van der Waals surface area contributed by atoms with Crippen LogP contribution in [0.3, 0.4) is 0 Å². The molecule has 23 heavy (non-hydrogen) atoms. The highest BCUT2D eigenvalue weighted by Crippen LogP contribution is 2.25. The molecule has 0 unspecified atom stereocenters. The molecule has 2 rings (SSSR count). The lowest BCUT2D eigenvalue weighted by Crippen LogP contribution is -2.38. The van der Waals surface area contributed by atoms with Crippen LogP contribution in [0.2, 0.25) is 0 Å². The molecule has 0 aliphatic carbocycles. The quantitative estimate of drug-likeness (QED) is 0.851. The number of nitrogens with zero attached hydrogens (tertiary/aromatic N) is 2. The Morgan fingerprint density at radius 1 is 1.30 bits per heavy atom. The fraction of sp³-hybridized carbons (Fsp3) is 0.400. The lowest BCUT2D eigenvalue weighted by Gasteiger charge is -2.22. The van der Waals surface area contributed by atoms with Crippen molar-refractivity contribution in [3.63, 3.8) is 0 Å².